The van der Waals surface area contributed by atoms with E-state index < -0.39 is 5.25 Å². The molecular formula is C16H17Cl3N4O3S. The van der Waals surface area contributed by atoms with Crippen LogP contribution < -0.4 is 11.0 Å². The molecule has 0 aliphatic carbocycles. The Hall–Kier alpha value is -1.19. The summed E-state index contributed by atoms with van der Waals surface area (Å²) in [6, 6.07) is 2.99. The van der Waals surface area contributed by atoms with Crippen LogP contribution in [-0.2, 0) is 16.1 Å². The molecule has 0 spiro atoms. The highest BCUT2D eigenvalue weighted by Crippen LogP contribution is 2.34. The van der Waals surface area contributed by atoms with Crippen LogP contribution in [0.25, 0.3) is 0 Å². The lowest BCUT2D eigenvalue weighted by Gasteiger charge is -2.15. The van der Waals surface area contributed by atoms with E-state index in [2.05, 4.69) is 15.5 Å². The number of ether oxygens (including phenoxy) is 1. The number of carbonyl (C=O) groups excluding carboxylic acids is 1. The molecular weight excluding hydrogens is 435 g/mol. The zero-order valence-corrected chi connectivity index (χ0v) is 17.4. The summed E-state index contributed by atoms with van der Waals surface area (Å²) in [5.41, 5.74) is -0.0386. The summed E-state index contributed by atoms with van der Waals surface area (Å²) in [6.07, 6.45) is 1.85. The fraction of sp³-hybridized carbons (Fsp3) is 0.438. The quantitative estimate of drug-likeness (QED) is 0.652. The molecule has 2 heterocycles. The molecule has 1 aliphatic heterocycles. The van der Waals surface area contributed by atoms with Gasteiger partial charge in [0.1, 0.15) is 0 Å². The van der Waals surface area contributed by atoms with Crippen molar-refractivity contribution in [3.05, 3.63) is 37.7 Å². The van der Waals surface area contributed by atoms with E-state index in [1.807, 2.05) is 0 Å². The minimum atomic E-state index is -0.550. The first kappa shape index (κ1) is 20.5. The number of nitrogens with one attached hydrogen (secondary N) is 2. The lowest BCUT2D eigenvalue weighted by atomic mass is 10.2. The van der Waals surface area contributed by atoms with E-state index in [0.717, 1.165) is 24.6 Å². The Morgan fingerprint density at radius 1 is 1.44 bits per heavy atom. The van der Waals surface area contributed by atoms with Gasteiger partial charge in [0, 0.05) is 11.6 Å². The number of hydrogen-bond acceptors (Lipinski definition) is 5. The highest BCUT2D eigenvalue weighted by atomic mass is 35.5. The predicted octanol–water partition coefficient (Wildman–Crippen LogP) is 3.83. The SMILES string of the molecule is CC(Sc1n[nH]c(=O)n1CC1CCCO1)C(=O)Nc1c(Cl)cc(Cl)cc1Cl. The van der Waals surface area contributed by atoms with Gasteiger partial charge in [0.2, 0.25) is 5.91 Å². The number of aromatic amines is 1. The Balaban J connectivity index is 1.69. The number of halogens is 3. The minimum absolute atomic E-state index is 0.0181. The second kappa shape index (κ2) is 8.87. The van der Waals surface area contributed by atoms with Crippen LogP contribution in [0.4, 0.5) is 5.69 Å². The predicted molar refractivity (Wildman–Crippen MR) is 107 cm³/mol. The molecule has 1 amide bonds. The monoisotopic (exact) mass is 450 g/mol. The van der Waals surface area contributed by atoms with Crippen LogP contribution in [0.3, 0.4) is 0 Å². The summed E-state index contributed by atoms with van der Waals surface area (Å²) in [6.45, 7) is 2.80. The second-order valence-electron chi connectivity index (χ2n) is 6.05. The van der Waals surface area contributed by atoms with Gasteiger partial charge in [-0.1, -0.05) is 46.6 Å². The lowest BCUT2D eigenvalue weighted by molar-refractivity contribution is -0.115. The van der Waals surface area contributed by atoms with E-state index in [1.165, 1.54) is 16.7 Å². The molecule has 1 aliphatic rings. The number of hydrogen-bond donors (Lipinski definition) is 2. The van der Waals surface area contributed by atoms with Gasteiger partial charge >= 0.3 is 5.69 Å². The summed E-state index contributed by atoms with van der Waals surface area (Å²) in [5, 5.41) is 9.87. The molecule has 11 heteroatoms. The summed E-state index contributed by atoms with van der Waals surface area (Å²) in [4.78, 5) is 24.6. The number of benzene rings is 1. The lowest BCUT2D eigenvalue weighted by Crippen LogP contribution is -2.27. The van der Waals surface area contributed by atoms with E-state index in [-0.39, 0.29) is 27.7 Å². The highest BCUT2D eigenvalue weighted by molar-refractivity contribution is 8.00. The van der Waals surface area contributed by atoms with Crippen molar-refractivity contribution in [2.75, 3.05) is 11.9 Å². The van der Waals surface area contributed by atoms with Crippen molar-refractivity contribution in [1.82, 2.24) is 14.8 Å². The number of H-pyrrole nitrogens is 1. The Labute approximate surface area is 174 Å². The number of amides is 1. The van der Waals surface area contributed by atoms with Gasteiger partial charge in [0.05, 0.1) is 33.6 Å². The number of thioether (sulfide) groups is 1. The highest BCUT2D eigenvalue weighted by Gasteiger charge is 2.23. The van der Waals surface area contributed by atoms with Crippen LogP contribution in [0, 0.1) is 0 Å². The van der Waals surface area contributed by atoms with Crippen molar-refractivity contribution >= 4 is 58.2 Å². The average molecular weight is 452 g/mol. The maximum Gasteiger partial charge on any atom is 0.344 e. The molecule has 1 saturated heterocycles. The molecule has 27 heavy (non-hydrogen) atoms. The molecule has 1 fully saturated rings. The Kier molecular flexibility index (Phi) is 6.75. The number of aromatic nitrogens is 3. The molecule has 0 bridgehead atoms. The topological polar surface area (TPSA) is 89.0 Å². The second-order valence-corrected chi connectivity index (χ2v) is 8.61. The van der Waals surface area contributed by atoms with E-state index in [1.54, 1.807) is 6.92 Å². The van der Waals surface area contributed by atoms with Gasteiger partial charge < -0.3 is 10.1 Å². The van der Waals surface area contributed by atoms with Gasteiger partial charge in [0.25, 0.3) is 0 Å². The van der Waals surface area contributed by atoms with Crippen LogP contribution in [0.2, 0.25) is 15.1 Å². The summed E-state index contributed by atoms with van der Waals surface area (Å²) < 4.78 is 7.07. The standard InChI is InChI=1S/C16H17Cl3N4O3S/c1-8(14(24)20-13-11(18)5-9(17)6-12(13)19)27-16-22-21-15(25)23(16)7-10-3-2-4-26-10/h5-6,8,10H,2-4,7H2,1H3,(H,20,24)(H,21,25). The molecule has 1 aromatic carbocycles. The van der Waals surface area contributed by atoms with Crippen LogP contribution >= 0.6 is 46.6 Å². The van der Waals surface area contributed by atoms with Gasteiger partial charge in [0.15, 0.2) is 5.16 Å². The molecule has 3 rings (SSSR count). The van der Waals surface area contributed by atoms with Gasteiger partial charge in [-0.25, -0.2) is 9.89 Å². The first-order valence-corrected chi connectivity index (χ1v) is 10.3. The summed E-state index contributed by atoms with van der Waals surface area (Å²) >= 11 is 19.2. The smallest absolute Gasteiger partial charge is 0.344 e. The fourth-order valence-electron chi connectivity index (χ4n) is 2.64. The van der Waals surface area contributed by atoms with Crippen LogP contribution in [0.1, 0.15) is 19.8 Å². The molecule has 1 aromatic heterocycles. The van der Waals surface area contributed by atoms with Gasteiger partial charge in [-0.3, -0.25) is 9.36 Å². The summed E-state index contributed by atoms with van der Waals surface area (Å²) in [7, 11) is 0. The molecule has 2 atom stereocenters. The van der Waals surface area contributed by atoms with Crippen molar-refractivity contribution in [2.45, 2.75) is 42.8 Å². The first-order valence-electron chi connectivity index (χ1n) is 8.24. The van der Waals surface area contributed by atoms with E-state index in [0.29, 0.717) is 29.0 Å². The van der Waals surface area contributed by atoms with Gasteiger partial charge in [-0.15, -0.1) is 5.10 Å². The molecule has 7 nitrogen and oxygen atoms in total. The maximum absolute atomic E-state index is 12.5. The number of rotatable bonds is 6. The zero-order chi connectivity index (χ0) is 19.6. The molecule has 2 aromatic rings. The zero-order valence-electron chi connectivity index (χ0n) is 14.3. The Bertz CT molecular complexity index is 872. The van der Waals surface area contributed by atoms with Crippen LogP contribution in [0.15, 0.2) is 22.1 Å². The number of anilines is 1. The minimum Gasteiger partial charge on any atom is -0.376 e. The third-order valence-corrected chi connectivity index (χ3v) is 5.94. The van der Waals surface area contributed by atoms with Crippen LogP contribution in [-0.4, -0.2) is 38.6 Å². The summed E-state index contributed by atoms with van der Waals surface area (Å²) in [5.74, 6) is -0.328. The van der Waals surface area contributed by atoms with E-state index >= 15 is 0 Å². The van der Waals surface area contributed by atoms with E-state index in [4.69, 9.17) is 39.5 Å². The van der Waals surface area contributed by atoms with Crippen molar-refractivity contribution in [1.29, 1.82) is 0 Å². The van der Waals surface area contributed by atoms with Crippen molar-refractivity contribution in [3.63, 3.8) is 0 Å². The Morgan fingerprint density at radius 2 is 2.15 bits per heavy atom. The van der Waals surface area contributed by atoms with Gasteiger partial charge in [-0.2, -0.15) is 0 Å². The normalized spacial score (nSPS) is 17.9. The maximum atomic E-state index is 12.5. The van der Waals surface area contributed by atoms with Gasteiger partial charge in [-0.05, 0) is 31.9 Å². The van der Waals surface area contributed by atoms with E-state index in [9.17, 15) is 9.59 Å². The molecule has 2 unspecified atom stereocenters. The fourth-order valence-corrected chi connectivity index (χ4v) is 4.42. The van der Waals surface area contributed by atoms with Crippen LogP contribution in [0.5, 0.6) is 0 Å². The van der Waals surface area contributed by atoms with Crippen molar-refractivity contribution in [3.8, 4) is 0 Å². The Morgan fingerprint density at radius 3 is 2.78 bits per heavy atom. The van der Waals surface area contributed by atoms with Crippen molar-refractivity contribution < 1.29 is 9.53 Å². The third-order valence-electron chi connectivity index (χ3n) is 4.04. The largest absolute Gasteiger partial charge is 0.376 e. The molecule has 0 radical (unpaired) electrons. The molecule has 0 saturated carbocycles. The number of nitrogens with zero attached hydrogens (tertiary/aromatic N) is 2. The molecule has 2 N–H and O–H groups in total. The molecule has 146 valence electrons. The third kappa shape index (κ3) is 5.00. The number of carbonyl (C=O) groups is 1. The first-order chi connectivity index (χ1) is 12.8. The van der Waals surface area contributed by atoms with Crippen molar-refractivity contribution in [2.24, 2.45) is 0 Å². The average Bonchev–Trinajstić information content (AvgIpc) is 3.23.